The lowest BCUT2D eigenvalue weighted by atomic mass is 9.76. The first-order valence-corrected chi connectivity index (χ1v) is 19.1. The van der Waals surface area contributed by atoms with Gasteiger partial charge in [0.05, 0.1) is 46.6 Å². The van der Waals surface area contributed by atoms with Crippen molar-refractivity contribution in [3.8, 4) is 11.5 Å². The Hall–Kier alpha value is -6.70. The molecule has 4 heterocycles. The topological polar surface area (TPSA) is 164 Å². The Morgan fingerprint density at radius 1 is 0.621 bits per heavy atom. The van der Waals surface area contributed by atoms with Crippen molar-refractivity contribution in [1.82, 2.24) is 0 Å². The van der Waals surface area contributed by atoms with Crippen LogP contribution in [0.2, 0.25) is 0 Å². The zero-order valence-corrected chi connectivity index (χ0v) is 32.5. The number of ether oxygens (including phenoxy) is 4. The van der Waals surface area contributed by atoms with Gasteiger partial charge in [-0.2, -0.15) is 0 Å². The number of hydrogen-bond acceptors (Lipinski definition) is 12. The van der Waals surface area contributed by atoms with E-state index in [-0.39, 0.29) is 50.5 Å². The molecule has 298 valence electrons. The number of carbonyl (C=O) groups excluding carboxylic acids is 2. The van der Waals surface area contributed by atoms with Crippen molar-refractivity contribution in [3.63, 3.8) is 0 Å². The number of hydrogen-bond donors (Lipinski definition) is 0. The van der Waals surface area contributed by atoms with Crippen molar-refractivity contribution in [2.45, 2.75) is 62.8 Å². The normalized spacial score (nSPS) is 21.0. The van der Waals surface area contributed by atoms with Crippen molar-refractivity contribution >= 4 is 46.8 Å². The van der Waals surface area contributed by atoms with Crippen LogP contribution in [0.15, 0.2) is 97.1 Å². The average molecular weight is 787 g/mol. The van der Waals surface area contributed by atoms with Gasteiger partial charge in [0, 0.05) is 46.8 Å². The molecule has 0 fully saturated rings. The fourth-order valence-electron chi connectivity index (χ4n) is 8.83. The van der Waals surface area contributed by atoms with E-state index in [0.717, 1.165) is 22.5 Å². The molecular formula is C44H42N4O10. The summed E-state index contributed by atoms with van der Waals surface area (Å²) in [6, 6.07) is 24.8. The molecule has 4 aliphatic heterocycles. The van der Waals surface area contributed by atoms with Gasteiger partial charge >= 0.3 is 11.9 Å². The zero-order valence-electron chi connectivity index (χ0n) is 32.5. The molecule has 58 heavy (non-hydrogen) atoms. The predicted molar refractivity (Wildman–Crippen MR) is 216 cm³/mol. The van der Waals surface area contributed by atoms with Gasteiger partial charge in [0.2, 0.25) is 11.4 Å². The number of esters is 2. The van der Waals surface area contributed by atoms with Gasteiger partial charge in [-0.05, 0) is 87.4 Å². The molecule has 8 rings (SSSR count). The molecule has 4 aromatic rings. The van der Waals surface area contributed by atoms with Gasteiger partial charge in [0.15, 0.2) is 0 Å². The predicted octanol–water partition coefficient (Wildman–Crippen LogP) is 7.87. The lowest BCUT2D eigenvalue weighted by Gasteiger charge is -2.47. The summed E-state index contributed by atoms with van der Waals surface area (Å²) in [6.45, 7) is 8.86. The van der Waals surface area contributed by atoms with Gasteiger partial charge in [0.1, 0.15) is 24.7 Å². The standard InChI is InChI=1S/C44H42N4O10/c1-41(2)33-9-5-7-11-35(33)45(43(41)21-19-29-27-31(47(51)52)13-15-37(29)57-43)23-25-55-39(49)17-18-40(50)56-26-24-46-36-12-8-6-10-34(36)42(3,4)44(46)22-20-30-28-32(48(53)54)14-16-38(30)58-44/h5-16,19-22,27-28H,17-18,23-26H2,1-4H3. The maximum atomic E-state index is 12.9. The van der Waals surface area contributed by atoms with E-state index in [1.807, 2.05) is 82.6 Å². The van der Waals surface area contributed by atoms with Crippen LogP contribution in [0, 0.1) is 20.2 Å². The summed E-state index contributed by atoms with van der Waals surface area (Å²) in [4.78, 5) is 51.9. The summed E-state index contributed by atoms with van der Waals surface area (Å²) in [5.74, 6) is -0.0963. The molecule has 2 spiro atoms. The van der Waals surface area contributed by atoms with Crippen molar-refractivity contribution in [1.29, 1.82) is 0 Å². The number of rotatable bonds is 11. The number of nitro groups is 2. The van der Waals surface area contributed by atoms with Gasteiger partial charge in [-0.15, -0.1) is 0 Å². The Labute approximate surface area is 334 Å². The highest BCUT2D eigenvalue weighted by Gasteiger charge is 2.60. The van der Waals surface area contributed by atoms with Crippen molar-refractivity contribution in [2.75, 3.05) is 36.1 Å². The summed E-state index contributed by atoms with van der Waals surface area (Å²) >= 11 is 0. The second-order valence-corrected chi connectivity index (χ2v) is 15.8. The molecule has 14 nitrogen and oxygen atoms in total. The van der Waals surface area contributed by atoms with E-state index in [9.17, 15) is 29.8 Å². The fraction of sp³-hybridized carbons (Fsp3) is 0.318. The van der Waals surface area contributed by atoms with E-state index in [4.69, 9.17) is 18.9 Å². The van der Waals surface area contributed by atoms with Crippen molar-refractivity contribution in [3.05, 3.63) is 140 Å². The third-order valence-electron chi connectivity index (χ3n) is 11.9. The minimum absolute atomic E-state index is 0.0145. The molecule has 0 saturated carbocycles. The molecule has 2 unspecified atom stereocenters. The quantitative estimate of drug-likeness (QED) is 0.0822. The highest BCUT2D eigenvalue weighted by atomic mass is 16.6. The van der Waals surface area contributed by atoms with E-state index in [0.29, 0.717) is 22.6 Å². The fourth-order valence-corrected chi connectivity index (χ4v) is 8.83. The van der Waals surface area contributed by atoms with Gasteiger partial charge < -0.3 is 28.7 Å². The second-order valence-electron chi connectivity index (χ2n) is 15.8. The van der Waals surface area contributed by atoms with Gasteiger partial charge in [-0.1, -0.05) is 36.4 Å². The van der Waals surface area contributed by atoms with Gasteiger partial charge in [-0.25, -0.2) is 0 Å². The molecule has 0 aromatic heterocycles. The number of carbonyl (C=O) groups is 2. The van der Waals surface area contributed by atoms with Crippen molar-refractivity contribution < 1.29 is 38.4 Å². The van der Waals surface area contributed by atoms with Crippen LogP contribution in [0.3, 0.4) is 0 Å². The molecule has 14 heteroatoms. The average Bonchev–Trinajstić information content (AvgIpc) is 3.50. The first-order chi connectivity index (χ1) is 27.7. The molecular weight excluding hydrogens is 745 g/mol. The SMILES string of the molecule is CC1(C)c2ccccc2N(CCOC(=O)CCC(=O)OCCN2c3ccccc3C(C)(C)C23C=Cc2cc([N+](=O)[O-])ccc2O3)C12C=Cc1cc([N+](=O)[O-])ccc1O2. The second kappa shape index (κ2) is 14.0. The van der Waals surface area contributed by atoms with Crippen LogP contribution in [-0.2, 0) is 29.9 Å². The minimum atomic E-state index is -1.01. The van der Waals surface area contributed by atoms with Crippen molar-refractivity contribution in [2.24, 2.45) is 0 Å². The number of benzene rings is 4. The van der Waals surface area contributed by atoms with Crippen LogP contribution >= 0.6 is 0 Å². The van der Waals surface area contributed by atoms with E-state index in [1.54, 1.807) is 12.1 Å². The monoisotopic (exact) mass is 786 g/mol. The van der Waals surface area contributed by atoms with E-state index in [1.165, 1.54) is 24.3 Å². The molecule has 0 saturated heterocycles. The largest absolute Gasteiger partial charge is 0.464 e. The van der Waals surface area contributed by atoms with Crippen LogP contribution < -0.4 is 19.3 Å². The molecule has 4 aromatic carbocycles. The van der Waals surface area contributed by atoms with Crippen LogP contribution in [-0.4, -0.2) is 59.5 Å². The van der Waals surface area contributed by atoms with E-state index < -0.39 is 44.1 Å². The third-order valence-corrected chi connectivity index (χ3v) is 11.9. The Morgan fingerprint density at radius 3 is 1.41 bits per heavy atom. The maximum Gasteiger partial charge on any atom is 0.306 e. The molecule has 0 aliphatic carbocycles. The van der Waals surface area contributed by atoms with Gasteiger partial charge in [0.25, 0.3) is 11.4 Å². The number of anilines is 2. The molecule has 0 radical (unpaired) electrons. The first-order valence-electron chi connectivity index (χ1n) is 19.1. The number of para-hydroxylation sites is 2. The van der Waals surface area contributed by atoms with Crippen LogP contribution in [0.1, 0.15) is 62.8 Å². The summed E-state index contributed by atoms with van der Waals surface area (Å²) < 4.78 is 24.7. The zero-order chi connectivity index (χ0) is 41.0. The summed E-state index contributed by atoms with van der Waals surface area (Å²) in [6.07, 6.45) is 7.13. The maximum absolute atomic E-state index is 12.9. The van der Waals surface area contributed by atoms with Crippen LogP contribution in [0.5, 0.6) is 11.5 Å². The molecule has 4 aliphatic rings. The molecule has 0 bridgehead atoms. The van der Waals surface area contributed by atoms with E-state index >= 15 is 0 Å². The van der Waals surface area contributed by atoms with Gasteiger partial charge in [-0.3, -0.25) is 29.8 Å². The molecule has 2 atom stereocenters. The third kappa shape index (κ3) is 6.01. The number of nitrogens with zero attached hydrogens (tertiary/aromatic N) is 4. The number of fused-ring (bicyclic) bond motifs is 4. The Balaban J connectivity index is 0.887. The summed E-state index contributed by atoms with van der Waals surface area (Å²) in [7, 11) is 0. The van der Waals surface area contributed by atoms with E-state index in [2.05, 4.69) is 27.7 Å². The number of nitro benzene ring substituents is 2. The lowest BCUT2D eigenvalue weighted by molar-refractivity contribution is -0.385. The molecule has 0 N–H and O–H groups in total. The Kier molecular flexibility index (Phi) is 9.25. The first kappa shape index (κ1) is 38.2. The number of non-ortho nitro benzene ring substituents is 2. The molecule has 0 amide bonds. The summed E-state index contributed by atoms with van der Waals surface area (Å²) in [5.41, 5.74) is 1.87. The Bertz CT molecular complexity index is 2260. The van der Waals surface area contributed by atoms with Crippen LogP contribution in [0.25, 0.3) is 12.2 Å². The lowest BCUT2D eigenvalue weighted by Crippen LogP contribution is -2.60. The Morgan fingerprint density at radius 2 is 1.02 bits per heavy atom. The van der Waals surface area contributed by atoms with Crippen LogP contribution in [0.4, 0.5) is 22.7 Å². The highest BCUT2D eigenvalue weighted by molar-refractivity contribution is 5.78. The minimum Gasteiger partial charge on any atom is -0.464 e. The smallest absolute Gasteiger partial charge is 0.306 e. The summed E-state index contributed by atoms with van der Waals surface area (Å²) in [5, 5.41) is 22.8. The highest BCUT2D eigenvalue weighted by Crippen LogP contribution is 2.56.